The van der Waals surface area contributed by atoms with Crippen molar-refractivity contribution in [3.8, 4) is 11.3 Å². The second kappa shape index (κ2) is 9.94. The summed E-state index contributed by atoms with van der Waals surface area (Å²) in [6.07, 6.45) is -2.58. The number of aromatic nitrogens is 3. The van der Waals surface area contributed by atoms with Gasteiger partial charge in [-0.05, 0) is 61.2 Å². The number of anilines is 2. The Morgan fingerprint density at radius 3 is 2.27 bits per heavy atom. The van der Waals surface area contributed by atoms with E-state index in [1.165, 1.54) is 18.2 Å². The molecule has 1 fully saturated rings. The Morgan fingerprint density at radius 2 is 1.63 bits per heavy atom. The molecule has 216 valence electrons. The Hall–Kier alpha value is -3.78. The fraction of sp³-hybridized carbons (Fsp3) is 0.296. The van der Waals surface area contributed by atoms with E-state index in [9.17, 15) is 30.0 Å². The highest BCUT2D eigenvalue weighted by Gasteiger charge is 2.64. The van der Waals surface area contributed by atoms with Crippen LogP contribution >= 0.6 is 0 Å². The lowest BCUT2D eigenvalue weighted by atomic mass is 10.1. The summed E-state index contributed by atoms with van der Waals surface area (Å²) in [4.78, 5) is 13.5. The van der Waals surface area contributed by atoms with E-state index >= 15 is 0 Å². The minimum atomic E-state index is -4.52. The molecule has 5 rings (SSSR count). The molecule has 2 heterocycles. The fourth-order valence-corrected chi connectivity index (χ4v) is 6.08. The first kappa shape index (κ1) is 28.7. The quantitative estimate of drug-likeness (QED) is 0.287. The maximum atomic E-state index is 13.9. The molecule has 41 heavy (non-hydrogen) atoms. The van der Waals surface area contributed by atoms with Crippen LogP contribution < -0.4 is 10.6 Å². The van der Waals surface area contributed by atoms with Crippen LogP contribution in [-0.2, 0) is 26.2 Å². The number of hydrogen-bond donors (Lipinski definition) is 2. The molecule has 0 saturated heterocycles. The number of halogens is 3. The molecule has 0 spiro atoms. The third-order valence-electron chi connectivity index (χ3n) is 6.85. The summed E-state index contributed by atoms with van der Waals surface area (Å²) in [5, 5.41) is 5.51. The van der Waals surface area contributed by atoms with Crippen molar-refractivity contribution in [3.63, 3.8) is 0 Å². The van der Waals surface area contributed by atoms with Crippen molar-refractivity contribution in [1.29, 1.82) is 0 Å². The molecule has 14 heteroatoms. The van der Waals surface area contributed by atoms with Crippen LogP contribution in [0.1, 0.15) is 24.0 Å². The zero-order valence-corrected chi connectivity index (χ0v) is 23.9. The van der Waals surface area contributed by atoms with Gasteiger partial charge in [0, 0.05) is 24.6 Å². The van der Waals surface area contributed by atoms with Gasteiger partial charge in [-0.25, -0.2) is 26.8 Å². The van der Waals surface area contributed by atoms with Crippen molar-refractivity contribution in [2.24, 2.45) is 0 Å². The number of benzene rings is 2. The molecule has 2 aromatic heterocycles. The molecule has 0 unspecified atom stereocenters. The zero-order chi connectivity index (χ0) is 29.8. The normalized spacial score (nSPS) is 15.1. The first-order valence-corrected chi connectivity index (χ1v) is 16.2. The summed E-state index contributed by atoms with van der Waals surface area (Å²) >= 11 is 0. The van der Waals surface area contributed by atoms with E-state index < -0.39 is 31.4 Å². The third-order valence-corrected chi connectivity index (χ3v) is 9.20. The number of pyridine rings is 1. The van der Waals surface area contributed by atoms with E-state index in [1.807, 2.05) is 0 Å². The van der Waals surface area contributed by atoms with E-state index in [0.717, 1.165) is 12.5 Å². The van der Waals surface area contributed by atoms with Gasteiger partial charge >= 0.3 is 6.18 Å². The largest absolute Gasteiger partial charge is 0.411 e. The standard InChI is InChI=1S/C27H26F3N5O4S2/c1-16-7-8-18(14-22(16)41(3,38)39)20-9-10-21-23(32-20)24(35-26(11-12-26)27(28,29)30)34-25(33-21)31-15-17-5-4-6-19(13-17)40(2,36)37/h4-10,13-14H,11-12,15H2,1-3H3,(H2,31,33,34,35). The predicted octanol–water partition coefficient (Wildman–Crippen LogP) is 4.93. The number of nitrogens with one attached hydrogen (secondary N) is 2. The molecule has 0 amide bonds. The van der Waals surface area contributed by atoms with Crippen molar-refractivity contribution in [2.45, 2.75) is 47.8 Å². The number of nitrogens with zero attached hydrogens (tertiary/aromatic N) is 3. The lowest BCUT2D eigenvalue weighted by molar-refractivity contribution is -0.151. The topological polar surface area (TPSA) is 131 Å². The van der Waals surface area contributed by atoms with Crippen molar-refractivity contribution >= 4 is 42.5 Å². The molecule has 0 radical (unpaired) electrons. The van der Waals surface area contributed by atoms with Crippen LogP contribution in [0.2, 0.25) is 0 Å². The van der Waals surface area contributed by atoms with E-state index in [4.69, 9.17) is 0 Å². The van der Waals surface area contributed by atoms with E-state index in [1.54, 1.807) is 43.3 Å². The molecule has 0 atom stereocenters. The molecule has 2 aromatic carbocycles. The van der Waals surface area contributed by atoms with Crippen LogP contribution in [0.4, 0.5) is 24.9 Å². The highest BCUT2D eigenvalue weighted by molar-refractivity contribution is 7.91. The molecule has 1 saturated carbocycles. The molecule has 1 aliphatic rings. The van der Waals surface area contributed by atoms with Gasteiger partial charge in [0.15, 0.2) is 25.5 Å². The average Bonchev–Trinajstić information content (AvgIpc) is 3.68. The average molecular weight is 606 g/mol. The van der Waals surface area contributed by atoms with Gasteiger partial charge in [0.05, 0.1) is 21.0 Å². The smallest absolute Gasteiger partial charge is 0.354 e. The number of rotatable bonds is 8. The third kappa shape index (κ3) is 5.98. The van der Waals surface area contributed by atoms with Gasteiger partial charge < -0.3 is 10.6 Å². The summed E-state index contributed by atoms with van der Waals surface area (Å²) in [5.41, 5.74) is 0.172. The molecule has 2 N–H and O–H groups in total. The van der Waals surface area contributed by atoms with Crippen molar-refractivity contribution < 1.29 is 30.0 Å². The van der Waals surface area contributed by atoms with Crippen molar-refractivity contribution in [1.82, 2.24) is 15.0 Å². The first-order valence-electron chi connectivity index (χ1n) is 12.4. The summed E-state index contributed by atoms with van der Waals surface area (Å²) in [7, 11) is -6.95. The van der Waals surface area contributed by atoms with Gasteiger partial charge in [-0.3, -0.25) is 0 Å². The molecule has 9 nitrogen and oxygen atoms in total. The van der Waals surface area contributed by atoms with Crippen LogP contribution in [0.25, 0.3) is 22.3 Å². The Balaban J connectivity index is 1.56. The molecular formula is C27H26F3N5O4S2. The second-order valence-electron chi connectivity index (χ2n) is 10.2. The van der Waals surface area contributed by atoms with Gasteiger partial charge in [-0.1, -0.05) is 24.3 Å². The minimum absolute atomic E-state index is 0.0204. The van der Waals surface area contributed by atoms with E-state index in [0.29, 0.717) is 22.4 Å². The van der Waals surface area contributed by atoms with Crippen LogP contribution in [0, 0.1) is 6.92 Å². The maximum Gasteiger partial charge on any atom is 0.411 e. The summed E-state index contributed by atoms with van der Waals surface area (Å²) in [5.74, 6) is -0.110. The van der Waals surface area contributed by atoms with E-state index in [-0.39, 0.29) is 52.0 Å². The van der Waals surface area contributed by atoms with Crippen LogP contribution in [0.5, 0.6) is 0 Å². The Bertz CT molecular complexity index is 1890. The molecular weight excluding hydrogens is 579 g/mol. The Morgan fingerprint density at radius 1 is 0.902 bits per heavy atom. The SMILES string of the molecule is Cc1ccc(-c2ccc3nc(NCc4cccc(S(C)(=O)=O)c4)nc(NC4(C(F)(F)F)CC4)c3n2)cc1S(C)(=O)=O. The highest BCUT2D eigenvalue weighted by Crippen LogP contribution is 2.51. The fourth-order valence-electron chi connectivity index (χ4n) is 4.40. The zero-order valence-electron chi connectivity index (χ0n) is 22.2. The van der Waals surface area contributed by atoms with Crippen LogP contribution in [0.15, 0.2) is 64.4 Å². The number of fused-ring (bicyclic) bond motifs is 1. The van der Waals surface area contributed by atoms with E-state index in [2.05, 4.69) is 25.6 Å². The van der Waals surface area contributed by atoms with Crippen LogP contribution in [-0.4, -0.2) is 56.0 Å². The van der Waals surface area contributed by atoms with Crippen molar-refractivity contribution in [2.75, 3.05) is 23.1 Å². The lowest BCUT2D eigenvalue weighted by Gasteiger charge is -2.22. The summed E-state index contributed by atoms with van der Waals surface area (Å²) in [6.45, 7) is 1.78. The number of hydrogen-bond acceptors (Lipinski definition) is 9. The molecule has 1 aliphatic carbocycles. The molecule has 0 bridgehead atoms. The Kier molecular flexibility index (Phi) is 6.97. The van der Waals surface area contributed by atoms with Gasteiger partial charge in [0.2, 0.25) is 5.95 Å². The number of sulfone groups is 2. The van der Waals surface area contributed by atoms with Crippen molar-refractivity contribution in [3.05, 3.63) is 65.7 Å². The first-order chi connectivity index (χ1) is 19.1. The van der Waals surface area contributed by atoms with Gasteiger partial charge in [0.25, 0.3) is 0 Å². The van der Waals surface area contributed by atoms with Crippen LogP contribution in [0.3, 0.4) is 0 Å². The molecule has 4 aromatic rings. The predicted molar refractivity (Wildman–Crippen MR) is 149 cm³/mol. The molecule has 0 aliphatic heterocycles. The monoisotopic (exact) mass is 605 g/mol. The van der Waals surface area contributed by atoms with Gasteiger partial charge in [-0.15, -0.1) is 0 Å². The van der Waals surface area contributed by atoms with Gasteiger partial charge in [-0.2, -0.15) is 18.2 Å². The maximum absolute atomic E-state index is 13.9. The van der Waals surface area contributed by atoms with Gasteiger partial charge in [0.1, 0.15) is 11.1 Å². The summed E-state index contributed by atoms with van der Waals surface area (Å²) in [6, 6.07) is 14.2. The second-order valence-corrected chi connectivity index (χ2v) is 14.2. The summed E-state index contributed by atoms with van der Waals surface area (Å²) < 4.78 is 89.9. The number of aryl methyl sites for hydroxylation is 1. The minimum Gasteiger partial charge on any atom is -0.354 e. The Labute approximate surface area is 235 Å². The highest BCUT2D eigenvalue weighted by atomic mass is 32.2. The lowest BCUT2D eigenvalue weighted by Crippen LogP contribution is -2.39. The number of alkyl halides is 3.